The highest BCUT2D eigenvalue weighted by Crippen LogP contribution is 2.20. The molecule has 0 saturated heterocycles. The van der Waals surface area contributed by atoms with Crippen LogP contribution in [0.3, 0.4) is 0 Å². The zero-order valence-corrected chi connectivity index (χ0v) is 17.5. The van der Waals surface area contributed by atoms with E-state index in [0.29, 0.717) is 40.7 Å². The van der Waals surface area contributed by atoms with Gasteiger partial charge in [-0.2, -0.15) is 0 Å². The lowest BCUT2D eigenvalue weighted by Gasteiger charge is -2.16. The van der Waals surface area contributed by atoms with Crippen molar-refractivity contribution in [1.29, 1.82) is 0 Å². The first kappa shape index (κ1) is 21.7. The standard InChI is InChI=1S/C19H26ClN3O3S/c1-4-14(5-2)21-17(24)12-27-19-22-16-11-13(20)7-8-15(16)18(25)23(19)9-6-10-26-3/h7-8,11,14H,4-6,9-10,12H2,1-3H3,(H,21,24). The minimum absolute atomic E-state index is 0.0578. The Morgan fingerprint density at radius 2 is 2.11 bits per heavy atom. The Morgan fingerprint density at radius 3 is 2.78 bits per heavy atom. The fourth-order valence-electron chi connectivity index (χ4n) is 2.74. The number of hydrogen-bond donors (Lipinski definition) is 1. The van der Waals surface area contributed by atoms with Crippen LogP contribution < -0.4 is 10.9 Å². The average Bonchev–Trinajstić information content (AvgIpc) is 2.66. The number of thioether (sulfide) groups is 1. The fourth-order valence-corrected chi connectivity index (χ4v) is 3.74. The molecule has 1 amide bonds. The van der Waals surface area contributed by atoms with Crippen LogP contribution in [0.4, 0.5) is 0 Å². The summed E-state index contributed by atoms with van der Waals surface area (Å²) in [5, 5.41) is 4.56. The first-order valence-electron chi connectivity index (χ1n) is 9.11. The van der Waals surface area contributed by atoms with Crippen molar-refractivity contribution in [1.82, 2.24) is 14.9 Å². The van der Waals surface area contributed by atoms with Gasteiger partial charge < -0.3 is 10.1 Å². The number of halogens is 1. The molecule has 2 aromatic rings. The van der Waals surface area contributed by atoms with Crippen LogP contribution in [0.2, 0.25) is 5.02 Å². The zero-order chi connectivity index (χ0) is 19.8. The van der Waals surface area contributed by atoms with E-state index < -0.39 is 0 Å². The number of methoxy groups -OCH3 is 1. The number of rotatable bonds is 10. The van der Waals surface area contributed by atoms with E-state index >= 15 is 0 Å². The molecule has 0 aliphatic heterocycles. The summed E-state index contributed by atoms with van der Waals surface area (Å²) < 4.78 is 6.70. The molecule has 0 saturated carbocycles. The molecular formula is C19H26ClN3O3S. The maximum absolute atomic E-state index is 12.9. The van der Waals surface area contributed by atoms with Crippen molar-refractivity contribution in [2.45, 2.75) is 50.9 Å². The third-order valence-electron chi connectivity index (χ3n) is 4.30. The van der Waals surface area contributed by atoms with Crippen molar-refractivity contribution in [3.63, 3.8) is 0 Å². The lowest BCUT2D eigenvalue weighted by Crippen LogP contribution is -2.35. The summed E-state index contributed by atoms with van der Waals surface area (Å²) >= 11 is 7.31. The van der Waals surface area contributed by atoms with Gasteiger partial charge in [-0.1, -0.05) is 37.2 Å². The first-order chi connectivity index (χ1) is 13.0. The molecule has 0 fully saturated rings. The molecule has 27 heavy (non-hydrogen) atoms. The van der Waals surface area contributed by atoms with Crippen LogP contribution >= 0.6 is 23.4 Å². The molecule has 6 nitrogen and oxygen atoms in total. The molecule has 0 atom stereocenters. The number of aromatic nitrogens is 2. The molecule has 0 spiro atoms. The Bertz CT molecular complexity index is 837. The second-order valence-electron chi connectivity index (χ2n) is 6.23. The van der Waals surface area contributed by atoms with Gasteiger partial charge in [0.2, 0.25) is 5.91 Å². The minimum Gasteiger partial charge on any atom is -0.385 e. The van der Waals surface area contributed by atoms with Crippen molar-refractivity contribution < 1.29 is 9.53 Å². The third kappa shape index (κ3) is 5.96. The molecule has 0 bridgehead atoms. The Morgan fingerprint density at radius 1 is 1.37 bits per heavy atom. The summed E-state index contributed by atoms with van der Waals surface area (Å²) in [5.41, 5.74) is 0.411. The van der Waals surface area contributed by atoms with Crippen molar-refractivity contribution in [3.05, 3.63) is 33.6 Å². The van der Waals surface area contributed by atoms with Crippen molar-refractivity contribution in [3.8, 4) is 0 Å². The Hall–Kier alpha value is -1.57. The number of amides is 1. The van der Waals surface area contributed by atoms with E-state index in [4.69, 9.17) is 16.3 Å². The van der Waals surface area contributed by atoms with Gasteiger partial charge in [-0.25, -0.2) is 4.98 Å². The summed E-state index contributed by atoms with van der Waals surface area (Å²) in [7, 11) is 1.63. The Kier molecular flexibility index (Phi) is 8.60. The summed E-state index contributed by atoms with van der Waals surface area (Å²) in [6.07, 6.45) is 2.47. The average molecular weight is 412 g/mol. The Labute approximate surface area is 168 Å². The van der Waals surface area contributed by atoms with Gasteiger partial charge in [0.05, 0.1) is 16.7 Å². The predicted octanol–water partition coefficient (Wildman–Crippen LogP) is 3.48. The SMILES string of the molecule is CCC(CC)NC(=O)CSc1nc2cc(Cl)ccc2c(=O)n1CCCOC. The number of carbonyl (C=O) groups excluding carboxylic acids is 1. The van der Waals surface area contributed by atoms with E-state index in [9.17, 15) is 9.59 Å². The summed E-state index contributed by atoms with van der Waals surface area (Å²) in [6.45, 7) is 5.12. The van der Waals surface area contributed by atoms with Crippen LogP contribution in [-0.2, 0) is 16.1 Å². The number of benzene rings is 1. The molecule has 1 aromatic carbocycles. The molecular weight excluding hydrogens is 386 g/mol. The third-order valence-corrected chi connectivity index (χ3v) is 5.51. The fraction of sp³-hybridized carbons (Fsp3) is 0.526. The van der Waals surface area contributed by atoms with Crippen molar-refractivity contribution in [2.24, 2.45) is 0 Å². The van der Waals surface area contributed by atoms with Gasteiger partial charge in [0.15, 0.2) is 5.16 Å². The van der Waals surface area contributed by atoms with Crippen LogP contribution in [0.5, 0.6) is 0 Å². The summed E-state index contributed by atoms with van der Waals surface area (Å²) in [4.78, 5) is 29.7. The van der Waals surface area contributed by atoms with Gasteiger partial charge in [0.1, 0.15) is 0 Å². The molecule has 0 aliphatic carbocycles. The van der Waals surface area contributed by atoms with Gasteiger partial charge in [-0.15, -0.1) is 0 Å². The summed E-state index contributed by atoms with van der Waals surface area (Å²) in [5.74, 6) is 0.150. The number of hydrogen-bond acceptors (Lipinski definition) is 5. The number of nitrogens with one attached hydrogen (secondary N) is 1. The van der Waals surface area contributed by atoms with E-state index in [0.717, 1.165) is 12.8 Å². The normalized spacial score (nSPS) is 11.3. The van der Waals surface area contributed by atoms with Gasteiger partial charge in [0, 0.05) is 31.3 Å². The van der Waals surface area contributed by atoms with Crippen LogP contribution in [0, 0.1) is 0 Å². The second kappa shape index (κ2) is 10.7. The van der Waals surface area contributed by atoms with Crippen LogP contribution in [-0.4, -0.2) is 41.0 Å². The van der Waals surface area contributed by atoms with E-state index in [1.807, 2.05) is 13.8 Å². The van der Waals surface area contributed by atoms with E-state index in [-0.39, 0.29) is 23.3 Å². The Balaban J connectivity index is 2.27. The predicted molar refractivity (Wildman–Crippen MR) is 111 cm³/mol. The largest absolute Gasteiger partial charge is 0.385 e. The molecule has 1 aromatic heterocycles. The maximum Gasteiger partial charge on any atom is 0.262 e. The number of fused-ring (bicyclic) bond motifs is 1. The lowest BCUT2D eigenvalue weighted by molar-refractivity contribution is -0.119. The van der Waals surface area contributed by atoms with E-state index in [1.54, 1.807) is 29.9 Å². The van der Waals surface area contributed by atoms with Crippen LogP contribution in [0.1, 0.15) is 33.1 Å². The lowest BCUT2D eigenvalue weighted by atomic mass is 10.2. The molecule has 148 valence electrons. The first-order valence-corrected chi connectivity index (χ1v) is 10.5. The molecule has 1 heterocycles. The topological polar surface area (TPSA) is 73.2 Å². The molecule has 8 heteroatoms. The molecule has 0 radical (unpaired) electrons. The molecule has 0 aliphatic rings. The highest BCUT2D eigenvalue weighted by atomic mass is 35.5. The molecule has 1 N–H and O–H groups in total. The number of nitrogens with zero attached hydrogens (tertiary/aromatic N) is 2. The zero-order valence-electron chi connectivity index (χ0n) is 16.0. The van der Waals surface area contributed by atoms with Gasteiger partial charge in [0.25, 0.3) is 5.56 Å². The van der Waals surface area contributed by atoms with E-state index in [2.05, 4.69) is 10.3 Å². The highest BCUT2D eigenvalue weighted by molar-refractivity contribution is 7.99. The monoisotopic (exact) mass is 411 g/mol. The van der Waals surface area contributed by atoms with Crippen LogP contribution in [0.25, 0.3) is 10.9 Å². The smallest absolute Gasteiger partial charge is 0.262 e. The van der Waals surface area contributed by atoms with Gasteiger partial charge in [-0.3, -0.25) is 14.2 Å². The van der Waals surface area contributed by atoms with Gasteiger partial charge in [-0.05, 0) is 37.5 Å². The van der Waals surface area contributed by atoms with Crippen molar-refractivity contribution >= 4 is 40.2 Å². The molecule has 0 unspecified atom stereocenters. The molecule has 2 rings (SSSR count). The quantitative estimate of drug-likeness (QED) is 0.368. The second-order valence-corrected chi connectivity index (χ2v) is 7.61. The van der Waals surface area contributed by atoms with E-state index in [1.165, 1.54) is 11.8 Å². The minimum atomic E-state index is -0.129. The van der Waals surface area contributed by atoms with Crippen molar-refractivity contribution in [2.75, 3.05) is 19.5 Å². The highest BCUT2D eigenvalue weighted by Gasteiger charge is 2.15. The number of carbonyl (C=O) groups is 1. The maximum atomic E-state index is 12.9. The van der Waals surface area contributed by atoms with Gasteiger partial charge >= 0.3 is 0 Å². The number of ether oxygens (including phenoxy) is 1. The summed E-state index contributed by atoms with van der Waals surface area (Å²) in [6, 6.07) is 5.22. The van der Waals surface area contributed by atoms with Crippen LogP contribution in [0.15, 0.2) is 28.2 Å².